The van der Waals surface area contributed by atoms with Crippen molar-refractivity contribution >= 4 is 15.9 Å². The van der Waals surface area contributed by atoms with Crippen LogP contribution in [0.15, 0.2) is 0 Å². The van der Waals surface area contributed by atoms with Gasteiger partial charge in [-0.3, -0.25) is 0 Å². The molecule has 1 aliphatic rings. The van der Waals surface area contributed by atoms with E-state index in [0.717, 1.165) is 5.33 Å². The largest absolute Gasteiger partial charge is 0.303 e. The zero-order chi connectivity index (χ0) is 8.32. The van der Waals surface area contributed by atoms with Crippen molar-refractivity contribution in [3.63, 3.8) is 0 Å². The molecule has 0 radical (unpaired) electrons. The SMILES string of the molecule is CCCN1CCC(C)(CBr)C1. The van der Waals surface area contributed by atoms with Gasteiger partial charge in [-0.1, -0.05) is 29.8 Å². The summed E-state index contributed by atoms with van der Waals surface area (Å²) in [6.45, 7) is 8.49. The van der Waals surface area contributed by atoms with Gasteiger partial charge in [0.1, 0.15) is 0 Å². The molecule has 0 saturated carbocycles. The van der Waals surface area contributed by atoms with Crippen molar-refractivity contribution in [2.75, 3.05) is 25.0 Å². The van der Waals surface area contributed by atoms with E-state index in [0.29, 0.717) is 5.41 Å². The zero-order valence-corrected chi connectivity index (χ0v) is 9.15. The van der Waals surface area contributed by atoms with Crippen LogP contribution < -0.4 is 0 Å². The summed E-state index contributed by atoms with van der Waals surface area (Å²) in [6, 6.07) is 0. The molecule has 0 spiro atoms. The highest BCUT2D eigenvalue weighted by Crippen LogP contribution is 2.31. The summed E-state index contributed by atoms with van der Waals surface area (Å²) in [7, 11) is 0. The summed E-state index contributed by atoms with van der Waals surface area (Å²) in [5, 5.41) is 1.15. The van der Waals surface area contributed by atoms with E-state index in [4.69, 9.17) is 0 Å². The topological polar surface area (TPSA) is 3.24 Å². The molecule has 1 rings (SSSR count). The maximum absolute atomic E-state index is 3.58. The molecule has 0 bridgehead atoms. The second-order valence-corrected chi connectivity index (χ2v) is 4.53. The normalized spacial score (nSPS) is 33.0. The number of hydrogen-bond acceptors (Lipinski definition) is 1. The first-order chi connectivity index (χ1) is 5.20. The average molecular weight is 220 g/mol. The Hall–Kier alpha value is 0.440. The molecule has 1 nitrogen and oxygen atoms in total. The first-order valence-electron chi connectivity index (χ1n) is 4.48. The van der Waals surface area contributed by atoms with E-state index in [1.165, 1.54) is 32.5 Å². The fourth-order valence-electron chi connectivity index (χ4n) is 1.74. The van der Waals surface area contributed by atoms with E-state index in [9.17, 15) is 0 Å². The fourth-order valence-corrected chi connectivity index (χ4v) is 2.20. The molecule has 0 amide bonds. The molecule has 66 valence electrons. The van der Waals surface area contributed by atoms with E-state index < -0.39 is 0 Å². The second-order valence-electron chi connectivity index (χ2n) is 3.97. The van der Waals surface area contributed by atoms with Crippen LogP contribution in [0.3, 0.4) is 0 Å². The molecule has 1 unspecified atom stereocenters. The molecule has 0 aromatic carbocycles. The average Bonchev–Trinajstić information content (AvgIpc) is 2.35. The van der Waals surface area contributed by atoms with Gasteiger partial charge in [0.25, 0.3) is 0 Å². The summed E-state index contributed by atoms with van der Waals surface area (Å²) in [4.78, 5) is 2.57. The lowest BCUT2D eigenvalue weighted by molar-refractivity contribution is 0.295. The molecule has 0 aromatic heterocycles. The van der Waals surface area contributed by atoms with Gasteiger partial charge in [0.2, 0.25) is 0 Å². The molecule has 1 aliphatic heterocycles. The minimum atomic E-state index is 0.551. The minimum absolute atomic E-state index is 0.551. The number of likely N-dealkylation sites (tertiary alicyclic amines) is 1. The standard InChI is InChI=1S/C9H18BrN/c1-3-5-11-6-4-9(2,7-10)8-11/h3-8H2,1-2H3. The lowest BCUT2D eigenvalue weighted by Gasteiger charge is -2.21. The quantitative estimate of drug-likeness (QED) is 0.660. The van der Waals surface area contributed by atoms with Crippen LogP contribution in [0.4, 0.5) is 0 Å². The Balaban J connectivity index is 2.33. The Morgan fingerprint density at radius 2 is 2.27 bits per heavy atom. The number of nitrogens with zero attached hydrogens (tertiary/aromatic N) is 1. The number of alkyl halides is 1. The minimum Gasteiger partial charge on any atom is -0.303 e. The van der Waals surface area contributed by atoms with Crippen LogP contribution in [0.1, 0.15) is 26.7 Å². The van der Waals surface area contributed by atoms with Crippen molar-refractivity contribution in [2.24, 2.45) is 5.41 Å². The molecule has 1 saturated heterocycles. The van der Waals surface area contributed by atoms with Gasteiger partial charge < -0.3 is 4.90 Å². The lowest BCUT2D eigenvalue weighted by Crippen LogP contribution is -2.26. The summed E-state index contributed by atoms with van der Waals surface area (Å²) >= 11 is 3.58. The zero-order valence-electron chi connectivity index (χ0n) is 7.57. The smallest absolute Gasteiger partial charge is 0.00980 e. The number of halogens is 1. The van der Waals surface area contributed by atoms with Crippen LogP contribution in [0.5, 0.6) is 0 Å². The fraction of sp³-hybridized carbons (Fsp3) is 1.00. The Bertz CT molecular complexity index is 127. The van der Waals surface area contributed by atoms with Crippen molar-refractivity contribution < 1.29 is 0 Å². The van der Waals surface area contributed by atoms with Gasteiger partial charge >= 0.3 is 0 Å². The van der Waals surface area contributed by atoms with Crippen molar-refractivity contribution in [3.05, 3.63) is 0 Å². The predicted molar refractivity (Wildman–Crippen MR) is 53.2 cm³/mol. The summed E-state index contributed by atoms with van der Waals surface area (Å²) in [6.07, 6.45) is 2.65. The Labute approximate surface area is 78.3 Å². The Kier molecular flexibility index (Phi) is 3.38. The highest BCUT2D eigenvalue weighted by atomic mass is 79.9. The van der Waals surface area contributed by atoms with Gasteiger partial charge in [0.15, 0.2) is 0 Å². The van der Waals surface area contributed by atoms with Crippen molar-refractivity contribution in [2.45, 2.75) is 26.7 Å². The monoisotopic (exact) mass is 219 g/mol. The van der Waals surface area contributed by atoms with Crippen LogP contribution in [-0.2, 0) is 0 Å². The third-order valence-electron chi connectivity index (χ3n) is 2.50. The van der Waals surface area contributed by atoms with Crippen LogP contribution in [-0.4, -0.2) is 29.9 Å². The summed E-state index contributed by atoms with van der Waals surface area (Å²) in [5.74, 6) is 0. The highest BCUT2D eigenvalue weighted by molar-refractivity contribution is 9.09. The van der Waals surface area contributed by atoms with Gasteiger partial charge in [-0.05, 0) is 31.3 Å². The Morgan fingerprint density at radius 3 is 2.73 bits per heavy atom. The van der Waals surface area contributed by atoms with Gasteiger partial charge in [0.05, 0.1) is 0 Å². The summed E-state index contributed by atoms with van der Waals surface area (Å²) in [5.41, 5.74) is 0.551. The molecular formula is C9H18BrN. The van der Waals surface area contributed by atoms with E-state index in [2.05, 4.69) is 34.7 Å². The molecule has 1 fully saturated rings. The van der Waals surface area contributed by atoms with Crippen LogP contribution in [0.2, 0.25) is 0 Å². The molecule has 1 atom stereocenters. The first-order valence-corrected chi connectivity index (χ1v) is 5.61. The molecule has 0 N–H and O–H groups in total. The van der Waals surface area contributed by atoms with Gasteiger partial charge in [-0.2, -0.15) is 0 Å². The molecular weight excluding hydrogens is 202 g/mol. The third kappa shape index (κ3) is 2.45. The number of hydrogen-bond donors (Lipinski definition) is 0. The Morgan fingerprint density at radius 1 is 1.55 bits per heavy atom. The van der Waals surface area contributed by atoms with Crippen molar-refractivity contribution in [1.82, 2.24) is 4.90 Å². The summed E-state index contributed by atoms with van der Waals surface area (Å²) < 4.78 is 0. The van der Waals surface area contributed by atoms with Gasteiger partial charge in [-0.25, -0.2) is 0 Å². The molecule has 1 heterocycles. The predicted octanol–water partition coefficient (Wildman–Crippen LogP) is 2.50. The van der Waals surface area contributed by atoms with Crippen LogP contribution >= 0.6 is 15.9 Å². The van der Waals surface area contributed by atoms with E-state index >= 15 is 0 Å². The van der Waals surface area contributed by atoms with Crippen molar-refractivity contribution in [1.29, 1.82) is 0 Å². The lowest BCUT2D eigenvalue weighted by atomic mass is 9.93. The van der Waals surface area contributed by atoms with Gasteiger partial charge in [0, 0.05) is 11.9 Å². The second kappa shape index (κ2) is 3.90. The van der Waals surface area contributed by atoms with E-state index in [1.807, 2.05) is 0 Å². The molecule has 2 heteroatoms. The van der Waals surface area contributed by atoms with Gasteiger partial charge in [-0.15, -0.1) is 0 Å². The molecule has 11 heavy (non-hydrogen) atoms. The van der Waals surface area contributed by atoms with E-state index in [-0.39, 0.29) is 0 Å². The van der Waals surface area contributed by atoms with Crippen molar-refractivity contribution in [3.8, 4) is 0 Å². The van der Waals surface area contributed by atoms with Crippen LogP contribution in [0, 0.1) is 5.41 Å². The number of rotatable bonds is 3. The van der Waals surface area contributed by atoms with Crippen LogP contribution in [0.25, 0.3) is 0 Å². The maximum Gasteiger partial charge on any atom is 0.00980 e. The maximum atomic E-state index is 3.58. The first kappa shape index (κ1) is 9.53. The molecule has 0 aromatic rings. The van der Waals surface area contributed by atoms with E-state index in [1.54, 1.807) is 0 Å². The third-order valence-corrected chi connectivity index (χ3v) is 3.85. The highest BCUT2D eigenvalue weighted by Gasteiger charge is 2.31. The molecule has 0 aliphatic carbocycles.